The number of amides is 1. The van der Waals surface area contributed by atoms with E-state index in [0.717, 1.165) is 31.4 Å². The molecule has 1 atom stereocenters. The van der Waals surface area contributed by atoms with Gasteiger partial charge in [-0.05, 0) is 31.4 Å². The molecule has 32 heavy (non-hydrogen) atoms. The van der Waals surface area contributed by atoms with Gasteiger partial charge in [-0.3, -0.25) is 19.4 Å². The molecule has 1 aromatic heterocycles. The average molecular weight is 438 g/mol. The number of anilines is 1. The number of hydrogen-bond donors (Lipinski definition) is 2. The molecule has 2 aromatic rings. The Bertz CT molecular complexity index is 825. The fourth-order valence-corrected chi connectivity index (χ4v) is 3.48. The number of pyridine rings is 1. The molecule has 172 valence electrons. The van der Waals surface area contributed by atoms with Gasteiger partial charge in [-0.25, -0.2) is 0 Å². The summed E-state index contributed by atoms with van der Waals surface area (Å²) in [7, 11) is 0. The summed E-state index contributed by atoms with van der Waals surface area (Å²) in [5.74, 6) is 0.331. The minimum absolute atomic E-state index is 0.0191. The number of aromatic nitrogens is 1. The van der Waals surface area contributed by atoms with E-state index in [-0.39, 0.29) is 17.7 Å². The average Bonchev–Trinajstić information content (AvgIpc) is 2.83. The predicted molar refractivity (Wildman–Crippen MR) is 128 cm³/mol. The maximum absolute atomic E-state index is 12.5. The second kappa shape index (κ2) is 14.9. The van der Waals surface area contributed by atoms with Gasteiger partial charge in [0.15, 0.2) is 5.78 Å². The van der Waals surface area contributed by atoms with E-state index >= 15 is 0 Å². The Hall–Kier alpha value is -3.02. The first-order valence-electron chi connectivity index (χ1n) is 11.6. The minimum atomic E-state index is -0.0370. The molecule has 6 heteroatoms. The number of carbonyl (C=O) groups is 3. The number of carbonyl (C=O) groups excluding carboxylic acids is 3. The molecular formula is C26H35N3O3. The zero-order chi connectivity index (χ0) is 23.0. The summed E-state index contributed by atoms with van der Waals surface area (Å²) in [6.45, 7) is 2.50. The van der Waals surface area contributed by atoms with Crippen LogP contribution in [0.1, 0.15) is 75.1 Å². The Balaban J connectivity index is 1.76. The smallest absolute Gasteiger partial charge is 0.220 e. The quantitative estimate of drug-likeness (QED) is 0.286. The van der Waals surface area contributed by atoms with E-state index in [0.29, 0.717) is 50.0 Å². The SMILES string of the molecule is CCC(=O)CCCCCC(CNc1cccnc1)NC(=O)CCCC(=O)c1ccccc1. The minimum Gasteiger partial charge on any atom is -0.382 e. The lowest BCUT2D eigenvalue weighted by Crippen LogP contribution is -2.39. The van der Waals surface area contributed by atoms with Gasteiger partial charge in [0.1, 0.15) is 5.78 Å². The van der Waals surface area contributed by atoms with Gasteiger partial charge in [-0.2, -0.15) is 0 Å². The van der Waals surface area contributed by atoms with Crippen LogP contribution < -0.4 is 10.6 Å². The van der Waals surface area contributed by atoms with Crippen molar-refractivity contribution in [3.05, 3.63) is 60.4 Å². The van der Waals surface area contributed by atoms with Gasteiger partial charge in [0.25, 0.3) is 0 Å². The number of unbranched alkanes of at least 4 members (excludes halogenated alkanes) is 2. The van der Waals surface area contributed by atoms with E-state index in [2.05, 4.69) is 15.6 Å². The molecule has 0 saturated heterocycles. The number of rotatable bonds is 16. The third kappa shape index (κ3) is 10.3. The van der Waals surface area contributed by atoms with Crippen molar-refractivity contribution in [3.63, 3.8) is 0 Å². The first kappa shape index (κ1) is 25.2. The first-order valence-corrected chi connectivity index (χ1v) is 11.6. The monoisotopic (exact) mass is 437 g/mol. The molecule has 0 aliphatic heterocycles. The summed E-state index contributed by atoms with van der Waals surface area (Å²) >= 11 is 0. The van der Waals surface area contributed by atoms with Gasteiger partial charge >= 0.3 is 0 Å². The number of benzene rings is 1. The summed E-state index contributed by atoms with van der Waals surface area (Å²) in [5.41, 5.74) is 1.60. The van der Waals surface area contributed by atoms with Crippen molar-refractivity contribution in [2.45, 2.75) is 70.8 Å². The normalized spacial score (nSPS) is 11.5. The molecule has 0 radical (unpaired) electrons. The first-order chi connectivity index (χ1) is 15.6. The highest BCUT2D eigenvalue weighted by molar-refractivity contribution is 5.96. The number of Topliss-reactive ketones (excluding diaryl/α,β-unsaturated/α-hetero) is 2. The van der Waals surface area contributed by atoms with Crippen molar-refractivity contribution in [3.8, 4) is 0 Å². The molecule has 0 bridgehead atoms. The zero-order valence-electron chi connectivity index (χ0n) is 19.0. The molecule has 1 heterocycles. The van der Waals surface area contributed by atoms with Gasteiger partial charge in [0.2, 0.25) is 5.91 Å². The Kier molecular flexibility index (Phi) is 11.7. The topological polar surface area (TPSA) is 88.2 Å². The van der Waals surface area contributed by atoms with Crippen LogP contribution in [0.2, 0.25) is 0 Å². The highest BCUT2D eigenvalue weighted by atomic mass is 16.2. The van der Waals surface area contributed by atoms with Gasteiger partial charge in [-0.15, -0.1) is 0 Å². The van der Waals surface area contributed by atoms with Crippen LogP contribution in [0.4, 0.5) is 5.69 Å². The molecule has 0 saturated carbocycles. The number of nitrogens with one attached hydrogen (secondary N) is 2. The van der Waals surface area contributed by atoms with E-state index in [9.17, 15) is 14.4 Å². The number of hydrogen-bond acceptors (Lipinski definition) is 5. The number of ketones is 2. The predicted octanol–water partition coefficient (Wildman–Crippen LogP) is 4.96. The van der Waals surface area contributed by atoms with E-state index in [1.165, 1.54) is 0 Å². The van der Waals surface area contributed by atoms with Crippen LogP contribution in [0.5, 0.6) is 0 Å². The molecule has 0 spiro atoms. The zero-order valence-corrected chi connectivity index (χ0v) is 19.0. The molecule has 0 aliphatic rings. The van der Waals surface area contributed by atoms with Crippen LogP contribution in [0.3, 0.4) is 0 Å². The molecule has 0 fully saturated rings. The van der Waals surface area contributed by atoms with E-state index in [4.69, 9.17) is 0 Å². The number of nitrogens with zero attached hydrogens (tertiary/aromatic N) is 1. The van der Waals surface area contributed by atoms with Crippen molar-refractivity contribution >= 4 is 23.2 Å². The largest absolute Gasteiger partial charge is 0.382 e. The lowest BCUT2D eigenvalue weighted by atomic mass is 10.0. The van der Waals surface area contributed by atoms with Crippen LogP contribution >= 0.6 is 0 Å². The molecule has 2 rings (SSSR count). The molecular weight excluding hydrogens is 402 g/mol. The Morgan fingerprint density at radius 2 is 1.72 bits per heavy atom. The molecule has 1 unspecified atom stereocenters. The Morgan fingerprint density at radius 3 is 2.44 bits per heavy atom. The standard InChI is InChI=1S/C26H35N3O3/c1-2-24(30)15-8-4-7-13-23(20-28-22-14-10-18-27-19-22)29-26(32)17-9-16-25(31)21-11-5-3-6-12-21/h3,5-6,10-12,14,18-19,23,28H,2,4,7-9,13,15-17,20H2,1H3,(H,29,32). The van der Waals surface area contributed by atoms with Crippen LogP contribution in [-0.4, -0.2) is 35.0 Å². The third-order valence-corrected chi connectivity index (χ3v) is 5.39. The summed E-state index contributed by atoms with van der Waals surface area (Å²) in [4.78, 5) is 40.3. The molecule has 2 N–H and O–H groups in total. The molecule has 1 amide bonds. The van der Waals surface area contributed by atoms with Crippen LogP contribution in [0.25, 0.3) is 0 Å². The summed E-state index contributed by atoms with van der Waals surface area (Å²) in [6.07, 6.45) is 9.57. The molecule has 1 aromatic carbocycles. The van der Waals surface area contributed by atoms with Crippen molar-refractivity contribution < 1.29 is 14.4 Å². The van der Waals surface area contributed by atoms with Crippen LogP contribution in [-0.2, 0) is 9.59 Å². The second-order valence-electron chi connectivity index (χ2n) is 8.02. The van der Waals surface area contributed by atoms with Crippen molar-refractivity contribution in [2.24, 2.45) is 0 Å². The van der Waals surface area contributed by atoms with Crippen molar-refractivity contribution in [1.29, 1.82) is 0 Å². The van der Waals surface area contributed by atoms with Gasteiger partial charge in [-0.1, -0.05) is 50.1 Å². The van der Waals surface area contributed by atoms with Gasteiger partial charge in [0, 0.05) is 56.2 Å². The van der Waals surface area contributed by atoms with Crippen LogP contribution in [0, 0.1) is 0 Å². The summed E-state index contributed by atoms with van der Waals surface area (Å²) in [5, 5.41) is 6.44. The Morgan fingerprint density at radius 1 is 0.906 bits per heavy atom. The molecule has 0 aliphatic carbocycles. The fourth-order valence-electron chi connectivity index (χ4n) is 3.48. The highest BCUT2D eigenvalue weighted by Crippen LogP contribution is 2.11. The van der Waals surface area contributed by atoms with Gasteiger partial charge < -0.3 is 10.6 Å². The maximum Gasteiger partial charge on any atom is 0.220 e. The Labute approximate surface area is 191 Å². The van der Waals surface area contributed by atoms with E-state index < -0.39 is 0 Å². The van der Waals surface area contributed by atoms with Gasteiger partial charge in [0.05, 0.1) is 5.69 Å². The van der Waals surface area contributed by atoms with E-state index in [1.54, 1.807) is 24.5 Å². The van der Waals surface area contributed by atoms with Crippen molar-refractivity contribution in [2.75, 3.05) is 11.9 Å². The maximum atomic E-state index is 12.5. The molecule has 6 nitrogen and oxygen atoms in total. The van der Waals surface area contributed by atoms with E-state index in [1.807, 2.05) is 37.3 Å². The second-order valence-corrected chi connectivity index (χ2v) is 8.02. The lowest BCUT2D eigenvalue weighted by Gasteiger charge is -2.20. The highest BCUT2D eigenvalue weighted by Gasteiger charge is 2.13. The summed E-state index contributed by atoms with van der Waals surface area (Å²) < 4.78 is 0. The van der Waals surface area contributed by atoms with Crippen LogP contribution in [0.15, 0.2) is 54.9 Å². The third-order valence-electron chi connectivity index (χ3n) is 5.39. The lowest BCUT2D eigenvalue weighted by molar-refractivity contribution is -0.122. The fraction of sp³-hybridized carbons (Fsp3) is 0.462. The summed E-state index contributed by atoms with van der Waals surface area (Å²) in [6, 6.07) is 13.0. The van der Waals surface area contributed by atoms with Crippen molar-refractivity contribution in [1.82, 2.24) is 10.3 Å².